The molecule has 0 fully saturated rings. The van der Waals surface area contributed by atoms with Crippen molar-refractivity contribution in [3.8, 4) is 0 Å². The number of carboxylic acids is 1. The highest BCUT2D eigenvalue weighted by Gasteiger charge is 2.14. The Balaban J connectivity index is 2.38. The molecule has 0 aromatic carbocycles. The third-order valence-corrected chi connectivity index (χ3v) is 2.65. The lowest BCUT2D eigenvalue weighted by Gasteiger charge is -2.19. The van der Waals surface area contributed by atoms with Gasteiger partial charge < -0.3 is 5.11 Å². The Kier molecular flexibility index (Phi) is 3.90. The van der Waals surface area contributed by atoms with Crippen molar-refractivity contribution < 1.29 is 14.7 Å². The smallest absolute Gasteiger partial charge is 0.341 e. The first kappa shape index (κ1) is 13.5. The SMILES string of the molecule is O=CN(Cc1ccncc1)n1cccc(C(=O)O)c1=O. The molecule has 2 rings (SSSR count). The second-order valence-electron chi connectivity index (χ2n) is 3.94. The molecule has 0 spiro atoms. The normalized spacial score (nSPS) is 10.0. The van der Waals surface area contributed by atoms with Crippen LogP contribution in [0.1, 0.15) is 15.9 Å². The number of hydrogen-bond donors (Lipinski definition) is 1. The number of pyridine rings is 2. The standard InChI is InChI=1S/C13H11N3O4/c17-9-15(8-10-3-5-14-6-4-10)16-7-1-2-11(12(16)18)13(19)20/h1-7,9H,8H2,(H,19,20). The molecule has 0 radical (unpaired) electrons. The molecule has 2 aromatic rings. The molecule has 0 unspecified atom stereocenters. The van der Waals surface area contributed by atoms with Crippen molar-refractivity contribution in [2.24, 2.45) is 0 Å². The summed E-state index contributed by atoms with van der Waals surface area (Å²) >= 11 is 0. The molecule has 7 nitrogen and oxygen atoms in total. The van der Waals surface area contributed by atoms with Gasteiger partial charge in [0.15, 0.2) is 0 Å². The van der Waals surface area contributed by atoms with Gasteiger partial charge in [0.1, 0.15) is 5.56 Å². The summed E-state index contributed by atoms with van der Waals surface area (Å²) < 4.78 is 0.969. The number of nitrogens with zero attached hydrogens (tertiary/aromatic N) is 3. The topological polar surface area (TPSA) is 92.5 Å². The van der Waals surface area contributed by atoms with Crippen LogP contribution in [0.3, 0.4) is 0 Å². The van der Waals surface area contributed by atoms with Gasteiger partial charge >= 0.3 is 5.97 Å². The molecule has 2 aromatic heterocycles. The minimum atomic E-state index is -1.33. The molecule has 102 valence electrons. The van der Waals surface area contributed by atoms with Gasteiger partial charge in [-0.2, -0.15) is 0 Å². The van der Waals surface area contributed by atoms with E-state index in [1.807, 2.05) is 0 Å². The summed E-state index contributed by atoms with van der Waals surface area (Å²) in [7, 11) is 0. The first-order valence-electron chi connectivity index (χ1n) is 5.69. The third kappa shape index (κ3) is 2.72. The minimum absolute atomic E-state index is 0.134. The predicted octanol–water partition coefficient (Wildman–Crippen LogP) is 0.236. The lowest BCUT2D eigenvalue weighted by Crippen LogP contribution is -2.42. The van der Waals surface area contributed by atoms with Crippen LogP contribution >= 0.6 is 0 Å². The Bertz CT molecular complexity index is 682. The fraction of sp³-hybridized carbons (Fsp3) is 0.0769. The molecule has 20 heavy (non-hydrogen) atoms. The van der Waals surface area contributed by atoms with E-state index in [0.29, 0.717) is 6.41 Å². The maximum Gasteiger partial charge on any atom is 0.341 e. The average Bonchev–Trinajstić information content (AvgIpc) is 2.46. The minimum Gasteiger partial charge on any atom is -0.477 e. The molecule has 0 aliphatic heterocycles. The quantitative estimate of drug-likeness (QED) is 0.787. The van der Waals surface area contributed by atoms with Crippen molar-refractivity contribution in [1.29, 1.82) is 0 Å². The lowest BCUT2D eigenvalue weighted by molar-refractivity contribution is -0.109. The summed E-state index contributed by atoms with van der Waals surface area (Å²) in [6.45, 7) is 0.134. The number of carbonyl (C=O) groups excluding carboxylic acids is 1. The zero-order chi connectivity index (χ0) is 14.5. The van der Waals surface area contributed by atoms with Crippen LogP contribution in [0.5, 0.6) is 0 Å². The van der Waals surface area contributed by atoms with Gasteiger partial charge in [0.25, 0.3) is 5.56 Å². The van der Waals surface area contributed by atoms with Crippen molar-refractivity contribution in [2.45, 2.75) is 6.54 Å². The van der Waals surface area contributed by atoms with Gasteiger partial charge in [-0.15, -0.1) is 0 Å². The number of amides is 1. The first-order chi connectivity index (χ1) is 9.63. The van der Waals surface area contributed by atoms with Gasteiger partial charge in [-0.25, -0.2) is 14.5 Å². The molecule has 0 saturated carbocycles. The summed E-state index contributed by atoms with van der Waals surface area (Å²) in [5.74, 6) is -1.33. The van der Waals surface area contributed by atoms with Gasteiger partial charge in [-0.1, -0.05) is 0 Å². The summed E-state index contributed by atoms with van der Waals surface area (Å²) in [5.41, 5.74) is -0.394. The summed E-state index contributed by atoms with van der Waals surface area (Å²) in [6.07, 6.45) is 4.93. The number of hydrogen-bond acceptors (Lipinski definition) is 4. The molecule has 0 aliphatic rings. The van der Waals surface area contributed by atoms with Gasteiger partial charge in [0.2, 0.25) is 6.41 Å². The maximum atomic E-state index is 12.0. The van der Waals surface area contributed by atoms with E-state index in [1.165, 1.54) is 18.3 Å². The molecule has 0 aliphatic carbocycles. The molecule has 7 heteroatoms. The second kappa shape index (κ2) is 5.79. The monoisotopic (exact) mass is 273 g/mol. The molecule has 1 amide bonds. The molecule has 0 atom stereocenters. The van der Waals surface area contributed by atoms with Crippen LogP contribution in [0.15, 0.2) is 47.7 Å². The van der Waals surface area contributed by atoms with E-state index in [2.05, 4.69) is 4.98 Å². The van der Waals surface area contributed by atoms with Gasteiger partial charge in [0, 0.05) is 18.6 Å². The van der Waals surface area contributed by atoms with Crippen molar-refractivity contribution in [3.05, 3.63) is 64.3 Å². The zero-order valence-electron chi connectivity index (χ0n) is 10.3. The third-order valence-electron chi connectivity index (χ3n) is 2.65. The first-order valence-corrected chi connectivity index (χ1v) is 5.69. The number of carbonyl (C=O) groups is 2. The van der Waals surface area contributed by atoms with Crippen LogP contribution in [-0.4, -0.2) is 27.1 Å². The summed E-state index contributed by atoms with van der Waals surface area (Å²) in [5, 5.41) is 9.99. The Morgan fingerprint density at radius 3 is 2.65 bits per heavy atom. The van der Waals surface area contributed by atoms with Crippen molar-refractivity contribution in [3.63, 3.8) is 0 Å². The Morgan fingerprint density at radius 1 is 1.35 bits per heavy atom. The Hall–Kier alpha value is -2.96. The van der Waals surface area contributed by atoms with Crippen LogP contribution in [-0.2, 0) is 11.3 Å². The highest BCUT2D eigenvalue weighted by atomic mass is 16.4. The van der Waals surface area contributed by atoms with E-state index in [1.54, 1.807) is 24.5 Å². The lowest BCUT2D eigenvalue weighted by atomic mass is 10.2. The highest BCUT2D eigenvalue weighted by molar-refractivity contribution is 5.87. The van der Waals surface area contributed by atoms with Crippen molar-refractivity contribution in [1.82, 2.24) is 9.66 Å². The van der Waals surface area contributed by atoms with Crippen LogP contribution < -0.4 is 10.6 Å². The van der Waals surface area contributed by atoms with Crippen LogP contribution in [0.25, 0.3) is 0 Å². The summed E-state index contributed by atoms with van der Waals surface area (Å²) in [4.78, 5) is 37.9. The molecule has 1 N–H and O–H groups in total. The van der Waals surface area contributed by atoms with Crippen LogP contribution in [0.2, 0.25) is 0 Å². The maximum absolute atomic E-state index is 12.0. The molecule has 0 saturated heterocycles. The van der Waals surface area contributed by atoms with E-state index in [4.69, 9.17) is 5.11 Å². The number of rotatable bonds is 5. The fourth-order valence-electron chi connectivity index (χ4n) is 1.69. The van der Waals surface area contributed by atoms with E-state index in [0.717, 1.165) is 15.2 Å². The summed E-state index contributed by atoms with van der Waals surface area (Å²) in [6, 6.07) is 5.98. The van der Waals surface area contributed by atoms with Crippen molar-refractivity contribution in [2.75, 3.05) is 5.01 Å². The van der Waals surface area contributed by atoms with Crippen molar-refractivity contribution >= 4 is 12.4 Å². The van der Waals surface area contributed by atoms with E-state index < -0.39 is 17.1 Å². The Morgan fingerprint density at radius 2 is 2.05 bits per heavy atom. The van der Waals surface area contributed by atoms with Crippen LogP contribution in [0, 0.1) is 0 Å². The van der Waals surface area contributed by atoms with Gasteiger partial charge in [0.05, 0.1) is 6.54 Å². The molecular formula is C13H11N3O4. The second-order valence-corrected chi connectivity index (χ2v) is 3.94. The van der Waals surface area contributed by atoms with Gasteiger partial charge in [-0.3, -0.25) is 14.6 Å². The van der Waals surface area contributed by atoms with Gasteiger partial charge in [-0.05, 0) is 29.8 Å². The van der Waals surface area contributed by atoms with E-state index >= 15 is 0 Å². The highest BCUT2D eigenvalue weighted by Crippen LogP contribution is 2.01. The molecule has 2 heterocycles. The molecular weight excluding hydrogens is 262 g/mol. The molecule has 0 bridgehead atoms. The van der Waals surface area contributed by atoms with E-state index in [-0.39, 0.29) is 6.54 Å². The number of carboxylic acid groups (broad SMARTS) is 1. The number of aromatic carboxylic acids is 1. The van der Waals surface area contributed by atoms with E-state index in [9.17, 15) is 14.4 Å². The zero-order valence-corrected chi connectivity index (χ0v) is 10.3. The largest absolute Gasteiger partial charge is 0.477 e. The average molecular weight is 273 g/mol. The predicted molar refractivity (Wildman–Crippen MR) is 69.9 cm³/mol. The van der Waals surface area contributed by atoms with Crippen LogP contribution in [0.4, 0.5) is 0 Å². The fourth-order valence-corrected chi connectivity index (χ4v) is 1.69. The number of aromatic nitrogens is 2. The Labute approximate surface area is 113 Å².